The van der Waals surface area contributed by atoms with E-state index in [1.807, 2.05) is 0 Å². The van der Waals surface area contributed by atoms with E-state index in [1.54, 1.807) is 0 Å². The Hall–Kier alpha value is -2.70. The molecule has 1 heterocycles. The van der Waals surface area contributed by atoms with Crippen molar-refractivity contribution in [2.24, 2.45) is 0 Å². The Bertz CT molecular complexity index is 587. The van der Waals surface area contributed by atoms with E-state index in [-0.39, 0.29) is 5.88 Å². The van der Waals surface area contributed by atoms with Gasteiger partial charge < -0.3 is 10.5 Å². The van der Waals surface area contributed by atoms with E-state index >= 15 is 0 Å². The number of nitro groups is 1. The fraction of sp³-hybridized carbons (Fsp3) is 0. The number of hydrogen-bond acceptors (Lipinski definition) is 5. The van der Waals surface area contributed by atoms with Gasteiger partial charge in [-0.15, -0.1) is 0 Å². The third-order valence-corrected chi connectivity index (χ3v) is 2.11. The molecule has 0 unspecified atom stereocenters. The van der Waals surface area contributed by atoms with Gasteiger partial charge in [0.2, 0.25) is 11.6 Å². The van der Waals surface area contributed by atoms with Crippen molar-refractivity contribution in [1.82, 2.24) is 4.98 Å². The number of benzene rings is 1. The van der Waals surface area contributed by atoms with Crippen LogP contribution >= 0.6 is 0 Å². The van der Waals surface area contributed by atoms with Crippen LogP contribution in [-0.4, -0.2) is 9.91 Å². The number of halogens is 1. The van der Waals surface area contributed by atoms with Crippen LogP contribution in [0.1, 0.15) is 0 Å². The molecule has 0 aliphatic carbocycles. The van der Waals surface area contributed by atoms with E-state index in [4.69, 9.17) is 10.5 Å². The van der Waals surface area contributed by atoms with E-state index in [2.05, 4.69) is 4.98 Å². The van der Waals surface area contributed by atoms with E-state index in [9.17, 15) is 14.5 Å². The van der Waals surface area contributed by atoms with Crippen LogP contribution in [-0.2, 0) is 0 Å². The first kappa shape index (κ1) is 11.8. The molecule has 0 aliphatic rings. The third-order valence-electron chi connectivity index (χ3n) is 2.11. The fourth-order valence-corrected chi connectivity index (χ4v) is 1.30. The van der Waals surface area contributed by atoms with Gasteiger partial charge in [0, 0.05) is 12.1 Å². The molecule has 1 aromatic carbocycles. The van der Waals surface area contributed by atoms with Gasteiger partial charge in [0.1, 0.15) is 0 Å². The minimum atomic E-state index is -0.831. The number of nitrogen functional groups attached to an aromatic ring is 1. The fourth-order valence-electron chi connectivity index (χ4n) is 1.30. The van der Waals surface area contributed by atoms with Crippen molar-refractivity contribution in [2.75, 3.05) is 5.73 Å². The lowest BCUT2D eigenvalue weighted by Gasteiger charge is -2.06. The summed E-state index contributed by atoms with van der Waals surface area (Å²) >= 11 is 0. The molecule has 0 spiro atoms. The Morgan fingerprint density at radius 3 is 2.72 bits per heavy atom. The second-order valence-corrected chi connectivity index (χ2v) is 3.38. The summed E-state index contributed by atoms with van der Waals surface area (Å²) in [5.74, 6) is -1.28. The van der Waals surface area contributed by atoms with Gasteiger partial charge in [-0.3, -0.25) is 10.1 Å². The molecule has 2 rings (SSSR count). The van der Waals surface area contributed by atoms with Gasteiger partial charge in [0.25, 0.3) is 0 Å². The van der Waals surface area contributed by atoms with Crippen LogP contribution in [0.15, 0.2) is 36.5 Å². The highest BCUT2D eigenvalue weighted by Crippen LogP contribution is 2.32. The number of para-hydroxylation sites is 1. The summed E-state index contributed by atoms with van der Waals surface area (Å²) < 4.78 is 18.6. The standard InChI is InChI=1S/C11H8FN3O3/c12-8-2-1-3-9(15(16)17)11(8)18-10-5-4-7(13)6-14-10/h1-6H,13H2. The first-order valence-electron chi connectivity index (χ1n) is 4.90. The number of nitrogens with zero attached hydrogens (tertiary/aromatic N) is 2. The van der Waals surface area contributed by atoms with Gasteiger partial charge in [-0.05, 0) is 12.1 Å². The zero-order chi connectivity index (χ0) is 13.1. The molecule has 2 aromatic rings. The summed E-state index contributed by atoms with van der Waals surface area (Å²) in [5, 5.41) is 10.7. The average Bonchev–Trinajstić information content (AvgIpc) is 2.34. The number of pyridine rings is 1. The summed E-state index contributed by atoms with van der Waals surface area (Å²) in [4.78, 5) is 13.8. The molecule has 7 heteroatoms. The highest BCUT2D eigenvalue weighted by atomic mass is 19.1. The van der Waals surface area contributed by atoms with E-state index in [0.717, 1.165) is 12.1 Å². The number of ether oxygens (including phenoxy) is 1. The SMILES string of the molecule is Nc1ccc(Oc2c(F)cccc2[N+](=O)[O-])nc1. The lowest BCUT2D eigenvalue weighted by atomic mass is 10.3. The molecule has 0 atom stereocenters. The van der Waals surface area contributed by atoms with E-state index in [1.165, 1.54) is 24.4 Å². The molecule has 18 heavy (non-hydrogen) atoms. The van der Waals surface area contributed by atoms with Crippen LogP contribution in [0.4, 0.5) is 15.8 Å². The van der Waals surface area contributed by atoms with Crippen LogP contribution in [0, 0.1) is 15.9 Å². The first-order valence-corrected chi connectivity index (χ1v) is 4.90. The number of nitrogens with two attached hydrogens (primary N) is 1. The molecule has 1 aromatic heterocycles. The first-order chi connectivity index (χ1) is 8.58. The molecule has 6 nitrogen and oxygen atoms in total. The Morgan fingerprint density at radius 2 is 2.11 bits per heavy atom. The number of aromatic nitrogens is 1. The topological polar surface area (TPSA) is 91.3 Å². The van der Waals surface area contributed by atoms with Crippen molar-refractivity contribution >= 4 is 11.4 Å². The van der Waals surface area contributed by atoms with Gasteiger partial charge in [-0.25, -0.2) is 9.37 Å². The van der Waals surface area contributed by atoms with Gasteiger partial charge in [0.15, 0.2) is 5.82 Å². The number of anilines is 1. The van der Waals surface area contributed by atoms with Crippen LogP contribution in [0.5, 0.6) is 11.6 Å². The molecule has 0 bridgehead atoms. The molecule has 0 saturated carbocycles. The summed E-state index contributed by atoms with van der Waals surface area (Å²) in [5.41, 5.74) is 5.37. The molecule has 0 amide bonds. The van der Waals surface area contributed by atoms with E-state index in [0.29, 0.717) is 5.69 Å². The Labute approximate surface area is 101 Å². The average molecular weight is 249 g/mol. The molecule has 92 valence electrons. The molecule has 0 fully saturated rings. The van der Waals surface area contributed by atoms with Gasteiger partial charge in [0.05, 0.1) is 16.8 Å². The highest BCUT2D eigenvalue weighted by molar-refractivity contribution is 5.49. The van der Waals surface area contributed by atoms with Crippen molar-refractivity contribution in [3.63, 3.8) is 0 Å². The smallest absolute Gasteiger partial charge is 0.314 e. The van der Waals surface area contributed by atoms with Gasteiger partial charge >= 0.3 is 5.69 Å². The minimum Gasteiger partial charge on any atom is -0.429 e. The summed E-state index contributed by atoms with van der Waals surface area (Å²) in [7, 11) is 0. The predicted octanol–water partition coefficient (Wildman–Crippen LogP) is 2.50. The lowest BCUT2D eigenvalue weighted by Crippen LogP contribution is -1.97. The monoisotopic (exact) mass is 249 g/mol. The second kappa shape index (κ2) is 4.66. The van der Waals surface area contributed by atoms with Crippen LogP contribution in [0.25, 0.3) is 0 Å². The Balaban J connectivity index is 2.39. The summed E-state index contributed by atoms with van der Waals surface area (Å²) in [6.07, 6.45) is 1.31. The molecule has 0 saturated heterocycles. The largest absolute Gasteiger partial charge is 0.429 e. The number of nitro benzene ring substituents is 1. The Kier molecular flexibility index (Phi) is 3.05. The predicted molar refractivity (Wildman–Crippen MR) is 61.8 cm³/mol. The van der Waals surface area contributed by atoms with E-state index < -0.39 is 22.2 Å². The molecular weight excluding hydrogens is 241 g/mol. The molecule has 0 radical (unpaired) electrons. The molecule has 0 aliphatic heterocycles. The summed E-state index contributed by atoms with van der Waals surface area (Å²) in [6, 6.07) is 6.34. The highest BCUT2D eigenvalue weighted by Gasteiger charge is 2.20. The van der Waals surface area contributed by atoms with Crippen molar-refractivity contribution in [3.05, 3.63) is 52.5 Å². The maximum absolute atomic E-state index is 13.5. The van der Waals surface area contributed by atoms with Crippen molar-refractivity contribution < 1.29 is 14.1 Å². The summed E-state index contributed by atoms with van der Waals surface area (Å²) in [6.45, 7) is 0. The quantitative estimate of drug-likeness (QED) is 0.666. The zero-order valence-corrected chi connectivity index (χ0v) is 9.04. The van der Waals surface area contributed by atoms with Crippen LogP contribution < -0.4 is 10.5 Å². The minimum absolute atomic E-state index is 0.0254. The lowest BCUT2D eigenvalue weighted by molar-refractivity contribution is -0.385. The van der Waals surface area contributed by atoms with Crippen molar-refractivity contribution in [1.29, 1.82) is 0 Å². The van der Waals surface area contributed by atoms with Gasteiger partial charge in [-0.2, -0.15) is 0 Å². The molecule has 2 N–H and O–H groups in total. The second-order valence-electron chi connectivity index (χ2n) is 3.38. The van der Waals surface area contributed by atoms with Gasteiger partial charge in [-0.1, -0.05) is 6.07 Å². The Morgan fingerprint density at radius 1 is 1.33 bits per heavy atom. The number of hydrogen-bond donors (Lipinski definition) is 1. The maximum Gasteiger partial charge on any atom is 0.314 e. The molecular formula is C11H8FN3O3. The van der Waals surface area contributed by atoms with Crippen LogP contribution in [0.2, 0.25) is 0 Å². The maximum atomic E-state index is 13.5. The van der Waals surface area contributed by atoms with Crippen LogP contribution in [0.3, 0.4) is 0 Å². The zero-order valence-electron chi connectivity index (χ0n) is 9.04. The van der Waals surface area contributed by atoms with Crippen molar-refractivity contribution in [3.8, 4) is 11.6 Å². The third kappa shape index (κ3) is 2.34. The van der Waals surface area contributed by atoms with Crippen molar-refractivity contribution in [2.45, 2.75) is 0 Å². The number of rotatable bonds is 3. The normalized spacial score (nSPS) is 10.1.